The van der Waals surface area contributed by atoms with Crippen molar-refractivity contribution in [1.29, 1.82) is 0 Å². The largest absolute Gasteiger partial charge is 0.327 e. The van der Waals surface area contributed by atoms with Crippen molar-refractivity contribution < 1.29 is 0 Å². The molecule has 23 heavy (non-hydrogen) atoms. The van der Waals surface area contributed by atoms with Crippen LogP contribution in [0.2, 0.25) is 0 Å². The smallest absolute Gasteiger partial charge is 0.113 e. The zero-order chi connectivity index (χ0) is 15.8. The van der Waals surface area contributed by atoms with Crippen molar-refractivity contribution in [3.63, 3.8) is 0 Å². The molecule has 3 aromatic rings. The topological polar surface area (TPSA) is 43.6 Å². The fraction of sp³-hybridized carbons (Fsp3) is 0.389. The minimum absolute atomic E-state index is 0.722. The normalized spacial score (nSPS) is 20.4. The average molecular weight is 324 g/mol. The van der Waals surface area contributed by atoms with Crippen LogP contribution in [0.3, 0.4) is 0 Å². The third-order valence-corrected chi connectivity index (χ3v) is 5.68. The fourth-order valence-corrected chi connectivity index (χ4v) is 3.98. The SMILES string of the molecule is CC1Cc2ncn(Cc3nc(-c4cccnc4)cs3)c2CC1C. The summed E-state index contributed by atoms with van der Waals surface area (Å²) in [5, 5.41) is 3.23. The molecule has 0 aromatic carbocycles. The zero-order valence-corrected chi connectivity index (χ0v) is 14.3. The Morgan fingerprint density at radius 2 is 2.13 bits per heavy atom. The summed E-state index contributed by atoms with van der Waals surface area (Å²) >= 11 is 1.71. The first-order chi connectivity index (χ1) is 11.2. The zero-order valence-electron chi connectivity index (χ0n) is 13.4. The van der Waals surface area contributed by atoms with Gasteiger partial charge in [-0.15, -0.1) is 11.3 Å². The van der Waals surface area contributed by atoms with Crippen molar-refractivity contribution in [2.24, 2.45) is 11.8 Å². The first-order valence-corrected chi connectivity index (χ1v) is 8.96. The molecule has 0 amide bonds. The lowest BCUT2D eigenvalue weighted by Crippen LogP contribution is -2.22. The van der Waals surface area contributed by atoms with Crippen LogP contribution in [0.4, 0.5) is 0 Å². The highest BCUT2D eigenvalue weighted by atomic mass is 32.1. The Labute approximate surface area is 140 Å². The number of rotatable bonds is 3. The third-order valence-electron chi connectivity index (χ3n) is 4.85. The molecule has 5 heteroatoms. The van der Waals surface area contributed by atoms with Crippen molar-refractivity contribution in [1.82, 2.24) is 19.5 Å². The molecule has 0 spiro atoms. The number of thiazole rings is 1. The van der Waals surface area contributed by atoms with Gasteiger partial charge < -0.3 is 4.57 Å². The Morgan fingerprint density at radius 1 is 1.26 bits per heavy atom. The minimum atomic E-state index is 0.722. The predicted molar refractivity (Wildman–Crippen MR) is 92.4 cm³/mol. The number of fused-ring (bicyclic) bond motifs is 1. The molecule has 0 saturated carbocycles. The lowest BCUT2D eigenvalue weighted by Gasteiger charge is -2.26. The molecule has 118 valence electrons. The van der Waals surface area contributed by atoms with Gasteiger partial charge in [0.15, 0.2) is 0 Å². The molecule has 4 nitrogen and oxygen atoms in total. The molecule has 2 unspecified atom stereocenters. The van der Waals surface area contributed by atoms with Gasteiger partial charge in [0.25, 0.3) is 0 Å². The molecule has 0 saturated heterocycles. The van der Waals surface area contributed by atoms with Crippen molar-refractivity contribution in [2.75, 3.05) is 0 Å². The predicted octanol–water partition coefficient (Wildman–Crippen LogP) is 3.82. The van der Waals surface area contributed by atoms with Crippen LogP contribution in [-0.2, 0) is 19.4 Å². The van der Waals surface area contributed by atoms with Gasteiger partial charge in [-0.3, -0.25) is 4.98 Å². The number of nitrogens with zero attached hydrogens (tertiary/aromatic N) is 4. The maximum Gasteiger partial charge on any atom is 0.113 e. The van der Waals surface area contributed by atoms with Crippen molar-refractivity contribution >= 4 is 11.3 Å². The molecular formula is C18H20N4S. The van der Waals surface area contributed by atoms with E-state index in [9.17, 15) is 0 Å². The van der Waals surface area contributed by atoms with Gasteiger partial charge in [-0.1, -0.05) is 13.8 Å². The lowest BCUT2D eigenvalue weighted by molar-refractivity contribution is 0.350. The first-order valence-electron chi connectivity index (χ1n) is 8.08. The van der Waals surface area contributed by atoms with E-state index >= 15 is 0 Å². The summed E-state index contributed by atoms with van der Waals surface area (Å²) in [6, 6.07) is 4.00. The molecular weight excluding hydrogens is 304 g/mol. The monoisotopic (exact) mass is 324 g/mol. The van der Waals surface area contributed by atoms with Crippen LogP contribution in [0.25, 0.3) is 11.3 Å². The van der Waals surface area contributed by atoms with E-state index in [4.69, 9.17) is 4.98 Å². The molecule has 2 atom stereocenters. The number of hydrogen-bond donors (Lipinski definition) is 0. The second-order valence-corrected chi connectivity index (χ2v) is 7.44. The molecule has 3 heterocycles. The van der Waals surface area contributed by atoms with Crippen molar-refractivity contribution in [3.8, 4) is 11.3 Å². The van der Waals surface area contributed by atoms with Crippen LogP contribution in [0.5, 0.6) is 0 Å². The summed E-state index contributed by atoms with van der Waals surface area (Å²) in [6.07, 6.45) is 7.86. The van der Waals surface area contributed by atoms with Crippen LogP contribution in [-0.4, -0.2) is 19.5 Å². The first kappa shape index (κ1) is 14.6. The third kappa shape index (κ3) is 2.81. The molecule has 3 aromatic heterocycles. The number of pyridine rings is 1. The summed E-state index contributed by atoms with van der Waals surface area (Å²) in [6.45, 7) is 5.48. The highest BCUT2D eigenvalue weighted by Gasteiger charge is 2.25. The van der Waals surface area contributed by atoms with Gasteiger partial charge in [-0.2, -0.15) is 0 Å². The highest BCUT2D eigenvalue weighted by Crippen LogP contribution is 2.30. The van der Waals surface area contributed by atoms with Crippen molar-refractivity contribution in [2.45, 2.75) is 33.2 Å². The van der Waals surface area contributed by atoms with Gasteiger partial charge >= 0.3 is 0 Å². The van der Waals surface area contributed by atoms with E-state index in [-0.39, 0.29) is 0 Å². The van der Waals surface area contributed by atoms with E-state index in [1.165, 1.54) is 11.4 Å². The van der Waals surface area contributed by atoms with E-state index in [1.54, 1.807) is 17.5 Å². The molecule has 0 radical (unpaired) electrons. The highest BCUT2D eigenvalue weighted by molar-refractivity contribution is 7.09. The van der Waals surface area contributed by atoms with E-state index in [1.807, 2.05) is 24.7 Å². The summed E-state index contributed by atoms with van der Waals surface area (Å²) < 4.78 is 2.28. The molecule has 1 aliphatic rings. The van der Waals surface area contributed by atoms with Crippen LogP contribution in [0.1, 0.15) is 30.2 Å². The molecule has 0 aliphatic heterocycles. The Morgan fingerprint density at radius 3 is 2.96 bits per heavy atom. The molecule has 0 N–H and O–H groups in total. The van der Waals surface area contributed by atoms with Gasteiger partial charge in [0, 0.05) is 29.0 Å². The Hall–Kier alpha value is -2.01. The quantitative estimate of drug-likeness (QED) is 0.735. The number of hydrogen-bond acceptors (Lipinski definition) is 4. The van der Waals surface area contributed by atoms with Crippen LogP contribution >= 0.6 is 11.3 Å². The van der Waals surface area contributed by atoms with E-state index in [2.05, 4.69) is 33.8 Å². The summed E-state index contributed by atoms with van der Waals surface area (Å²) in [5.74, 6) is 1.45. The summed E-state index contributed by atoms with van der Waals surface area (Å²) in [5.41, 5.74) is 4.76. The van der Waals surface area contributed by atoms with Crippen LogP contribution < -0.4 is 0 Å². The van der Waals surface area contributed by atoms with Gasteiger partial charge in [0.05, 0.1) is 24.3 Å². The maximum atomic E-state index is 4.77. The standard InChI is InChI=1S/C18H20N4S/c1-12-6-15-17(7-13(12)2)22(11-20-15)9-18-21-16(10-23-18)14-4-3-5-19-8-14/h3-5,8,10-13H,6-7,9H2,1-2H3. The second kappa shape index (κ2) is 5.89. The summed E-state index contributed by atoms with van der Waals surface area (Å²) in [4.78, 5) is 13.6. The maximum absolute atomic E-state index is 4.77. The van der Waals surface area contributed by atoms with E-state index in [0.29, 0.717) is 0 Å². The Balaban J connectivity index is 1.57. The van der Waals surface area contributed by atoms with Gasteiger partial charge in [0.1, 0.15) is 5.01 Å². The number of aromatic nitrogens is 4. The lowest BCUT2D eigenvalue weighted by atomic mass is 9.82. The number of imidazole rings is 1. The minimum Gasteiger partial charge on any atom is -0.327 e. The Kier molecular flexibility index (Phi) is 3.73. The molecule has 0 fully saturated rings. The van der Waals surface area contributed by atoms with Gasteiger partial charge in [-0.25, -0.2) is 9.97 Å². The molecule has 0 bridgehead atoms. The Bertz CT molecular complexity index is 806. The van der Waals surface area contributed by atoms with E-state index < -0.39 is 0 Å². The average Bonchev–Trinajstić information content (AvgIpc) is 3.18. The second-order valence-electron chi connectivity index (χ2n) is 6.50. The molecule has 1 aliphatic carbocycles. The van der Waals surface area contributed by atoms with Crippen molar-refractivity contribution in [3.05, 3.63) is 52.6 Å². The summed E-state index contributed by atoms with van der Waals surface area (Å²) in [7, 11) is 0. The van der Waals surface area contributed by atoms with Crippen LogP contribution in [0.15, 0.2) is 36.2 Å². The van der Waals surface area contributed by atoms with Gasteiger partial charge in [0.2, 0.25) is 0 Å². The van der Waals surface area contributed by atoms with E-state index in [0.717, 1.165) is 47.5 Å². The van der Waals surface area contributed by atoms with Gasteiger partial charge in [-0.05, 0) is 36.8 Å². The fourth-order valence-electron chi connectivity index (χ4n) is 3.18. The molecule has 4 rings (SSSR count). The van der Waals surface area contributed by atoms with Crippen LogP contribution in [0, 0.1) is 11.8 Å².